The average molecular weight is 182 g/mol. The molecule has 0 saturated heterocycles. The van der Waals surface area contributed by atoms with E-state index in [4.69, 9.17) is 0 Å². The molecule has 0 N–H and O–H groups in total. The van der Waals surface area contributed by atoms with Crippen LogP contribution in [0.15, 0.2) is 0 Å². The molecule has 0 heterocycles. The third-order valence-corrected chi connectivity index (χ3v) is 2.41. The molecule has 0 aromatic carbocycles. The smallest absolute Gasteiger partial charge is 0.0659 e. The molecule has 0 saturated carbocycles. The Bertz CT molecular complexity index is 92.5. The molecule has 0 rings (SSSR count). The minimum Gasteiger partial charge on any atom is -0.206 e. The lowest BCUT2D eigenvalue weighted by Gasteiger charge is -2.32. The summed E-state index contributed by atoms with van der Waals surface area (Å²) in [6.07, 6.45) is 4.24. The summed E-state index contributed by atoms with van der Waals surface area (Å²) >= 11 is 0. The van der Waals surface area contributed by atoms with Crippen LogP contribution in [-0.2, 0) is 0 Å². The largest absolute Gasteiger partial charge is 0.206 e. The molecule has 0 nitrogen and oxygen atoms in total. The molecule has 0 spiro atoms. The van der Waals surface area contributed by atoms with Crippen molar-refractivity contribution in [3.8, 4) is 0 Å². The van der Waals surface area contributed by atoms with Gasteiger partial charge >= 0.3 is 0 Å². The lowest BCUT2D eigenvalue weighted by atomic mass is 9.38. The second kappa shape index (κ2) is 6.51. The van der Waals surface area contributed by atoms with Gasteiger partial charge in [0.1, 0.15) is 0 Å². The first-order chi connectivity index (χ1) is 5.91. The molecular formula is C12H27B-. The Morgan fingerprint density at radius 1 is 0.615 bits per heavy atom. The highest BCUT2D eigenvalue weighted by Crippen LogP contribution is 2.20. The van der Waals surface area contributed by atoms with Crippen LogP contribution in [-0.4, -0.2) is 6.71 Å². The zero-order valence-electron chi connectivity index (χ0n) is 10.4. The Kier molecular flexibility index (Phi) is 6.54. The first kappa shape index (κ1) is 13.1. The van der Waals surface area contributed by atoms with Gasteiger partial charge in [0, 0.05) is 0 Å². The van der Waals surface area contributed by atoms with Crippen molar-refractivity contribution in [1.29, 1.82) is 0 Å². The van der Waals surface area contributed by atoms with Gasteiger partial charge < -0.3 is 0 Å². The van der Waals surface area contributed by atoms with Gasteiger partial charge in [0.15, 0.2) is 0 Å². The summed E-state index contributed by atoms with van der Waals surface area (Å²) in [4.78, 5) is 0. The van der Waals surface area contributed by atoms with Crippen LogP contribution < -0.4 is 0 Å². The van der Waals surface area contributed by atoms with Crippen molar-refractivity contribution in [2.45, 2.75) is 60.5 Å². The van der Waals surface area contributed by atoms with Crippen molar-refractivity contribution in [2.24, 2.45) is 17.8 Å². The third-order valence-electron chi connectivity index (χ3n) is 2.41. The van der Waals surface area contributed by atoms with Crippen LogP contribution in [0.5, 0.6) is 0 Å². The Morgan fingerprint density at radius 3 is 1.00 bits per heavy atom. The standard InChI is InChI=1S/C12H27B/c1-10(2)7-13(8-11(3)4)9-12(5)6/h10-12H,7-9H2,1-6H3/q-1. The summed E-state index contributed by atoms with van der Waals surface area (Å²) < 4.78 is 0. The van der Waals surface area contributed by atoms with Crippen molar-refractivity contribution in [1.82, 2.24) is 0 Å². The highest BCUT2D eigenvalue weighted by molar-refractivity contribution is 6.58. The van der Waals surface area contributed by atoms with E-state index in [-0.39, 0.29) is 0 Å². The van der Waals surface area contributed by atoms with E-state index >= 15 is 0 Å². The van der Waals surface area contributed by atoms with Crippen LogP contribution in [0.1, 0.15) is 41.5 Å². The van der Waals surface area contributed by atoms with E-state index < -0.39 is 0 Å². The fourth-order valence-corrected chi connectivity index (χ4v) is 2.29. The number of hydrogen-bond donors (Lipinski definition) is 0. The van der Waals surface area contributed by atoms with Gasteiger partial charge in [0.2, 0.25) is 0 Å². The molecule has 13 heavy (non-hydrogen) atoms. The van der Waals surface area contributed by atoms with Gasteiger partial charge in [-0.25, -0.2) is 19.0 Å². The lowest BCUT2D eigenvalue weighted by Crippen LogP contribution is -2.19. The zero-order chi connectivity index (χ0) is 10.4. The molecule has 0 aliphatic heterocycles. The molecule has 0 aliphatic carbocycles. The molecule has 1 heteroatoms. The van der Waals surface area contributed by atoms with Crippen LogP contribution in [0, 0.1) is 17.8 Å². The van der Waals surface area contributed by atoms with E-state index in [2.05, 4.69) is 41.5 Å². The maximum Gasteiger partial charge on any atom is -0.0659 e. The molecule has 0 aromatic heterocycles. The molecular weight excluding hydrogens is 155 g/mol. The van der Waals surface area contributed by atoms with E-state index in [1.807, 2.05) is 0 Å². The third kappa shape index (κ3) is 8.40. The first-order valence-electron chi connectivity index (χ1n) is 5.91. The Balaban J connectivity index is 3.87. The van der Waals surface area contributed by atoms with E-state index in [9.17, 15) is 0 Å². The van der Waals surface area contributed by atoms with Crippen molar-refractivity contribution in [3.63, 3.8) is 0 Å². The minimum absolute atomic E-state index is 0.863. The second-order valence-electron chi connectivity index (χ2n) is 5.75. The first-order valence-corrected chi connectivity index (χ1v) is 5.91. The fourth-order valence-electron chi connectivity index (χ4n) is 2.29. The Labute approximate surface area is 85.6 Å². The van der Waals surface area contributed by atoms with Gasteiger partial charge in [0.25, 0.3) is 0 Å². The van der Waals surface area contributed by atoms with Crippen LogP contribution in [0.2, 0.25) is 19.0 Å². The molecule has 0 aliphatic rings. The highest BCUT2D eigenvalue weighted by Gasteiger charge is 2.04. The van der Waals surface area contributed by atoms with Crippen molar-refractivity contribution in [2.75, 3.05) is 0 Å². The molecule has 1 radical (unpaired) electrons. The second-order valence-corrected chi connectivity index (χ2v) is 5.75. The monoisotopic (exact) mass is 182 g/mol. The molecule has 0 aromatic rings. The van der Waals surface area contributed by atoms with E-state index in [1.54, 1.807) is 0 Å². The van der Waals surface area contributed by atoms with Gasteiger partial charge in [-0.3, -0.25) is 0 Å². The van der Waals surface area contributed by atoms with Crippen LogP contribution in [0.3, 0.4) is 0 Å². The maximum absolute atomic E-state index is 2.34. The van der Waals surface area contributed by atoms with Crippen molar-refractivity contribution < 1.29 is 0 Å². The fraction of sp³-hybridized carbons (Fsp3) is 1.00. The predicted octanol–water partition coefficient (Wildman–Crippen LogP) is 4.45. The van der Waals surface area contributed by atoms with Gasteiger partial charge in [0.05, 0.1) is 0 Å². The van der Waals surface area contributed by atoms with Crippen molar-refractivity contribution >= 4 is 6.71 Å². The molecule has 0 bridgehead atoms. The van der Waals surface area contributed by atoms with E-state index in [1.165, 1.54) is 19.0 Å². The Hall–Kier alpha value is 0.0649. The predicted molar refractivity (Wildman–Crippen MR) is 64.7 cm³/mol. The number of hydrogen-bond acceptors (Lipinski definition) is 0. The SMILES string of the molecule is CC(C)C[B-](CC(C)C)CC(C)C. The molecule has 0 atom stereocenters. The topological polar surface area (TPSA) is 0 Å². The van der Waals surface area contributed by atoms with Gasteiger partial charge in [-0.15, -0.1) is 6.71 Å². The van der Waals surface area contributed by atoms with E-state index in [0.717, 1.165) is 24.5 Å². The van der Waals surface area contributed by atoms with Crippen LogP contribution in [0.25, 0.3) is 0 Å². The summed E-state index contributed by atoms with van der Waals surface area (Å²) in [5.74, 6) is 2.59. The molecule has 0 amide bonds. The zero-order valence-corrected chi connectivity index (χ0v) is 10.4. The number of rotatable bonds is 6. The highest BCUT2D eigenvalue weighted by atomic mass is 14.0. The Morgan fingerprint density at radius 2 is 0.846 bits per heavy atom. The summed E-state index contributed by atoms with van der Waals surface area (Å²) in [7, 11) is 0. The van der Waals surface area contributed by atoms with Crippen LogP contribution in [0.4, 0.5) is 0 Å². The van der Waals surface area contributed by atoms with Gasteiger partial charge in [-0.2, -0.15) is 0 Å². The van der Waals surface area contributed by atoms with Gasteiger partial charge in [-0.1, -0.05) is 59.3 Å². The summed E-state index contributed by atoms with van der Waals surface area (Å²) in [6, 6.07) is 0. The molecule has 79 valence electrons. The van der Waals surface area contributed by atoms with Crippen molar-refractivity contribution in [3.05, 3.63) is 0 Å². The van der Waals surface area contributed by atoms with Gasteiger partial charge in [-0.05, 0) is 0 Å². The lowest BCUT2D eigenvalue weighted by molar-refractivity contribution is 0.659. The minimum atomic E-state index is 0.863. The molecule has 0 fully saturated rings. The summed E-state index contributed by atoms with van der Waals surface area (Å²) in [5.41, 5.74) is 0. The summed E-state index contributed by atoms with van der Waals surface area (Å²) in [6.45, 7) is 15.0. The average Bonchev–Trinajstić information content (AvgIpc) is 1.80. The normalized spacial score (nSPS) is 12.5. The van der Waals surface area contributed by atoms with E-state index in [0.29, 0.717) is 0 Å². The van der Waals surface area contributed by atoms with Crippen LogP contribution >= 0.6 is 0 Å². The molecule has 0 unspecified atom stereocenters. The quantitative estimate of drug-likeness (QED) is 0.532. The summed E-state index contributed by atoms with van der Waals surface area (Å²) in [5, 5.41) is 0. The maximum atomic E-state index is 2.34.